The lowest BCUT2D eigenvalue weighted by molar-refractivity contribution is -0.131. The summed E-state index contributed by atoms with van der Waals surface area (Å²) in [4.78, 5) is 10.6. The molecule has 0 saturated heterocycles. The van der Waals surface area contributed by atoms with Gasteiger partial charge in [-0.3, -0.25) is 0 Å². The standard InChI is InChI=1S/C16H18BrNO3/c1-16(2,11-18)9-4-10-21-15-12(7-8-14(19)20)5-3-6-13(15)17/h3,5-8H,4,9-10H2,1-2H3,(H,19,20). The Labute approximate surface area is 133 Å². The molecule has 0 radical (unpaired) electrons. The minimum absolute atomic E-state index is 0.358. The number of rotatable bonds is 7. The molecule has 0 aliphatic rings. The van der Waals surface area contributed by atoms with Crippen molar-refractivity contribution >= 4 is 28.0 Å². The Morgan fingerprint density at radius 1 is 1.52 bits per heavy atom. The highest BCUT2D eigenvalue weighted by Gasteiger charge is 2.16. The number of aliphatic carboxylic acids is 1. The second kappa shape index (κ2) is 7.84. The molecule has 5 heteroatoms. The van der Waals surface area contributed by atoms with Crippen LogP contribution < -0.4 is 4.74 Å². The molecule has 0 aliphatic heterocycles. The van der Waals surface area contributed by atoms with Gasteiger partial charge in [0.2, 0.25) is 0 Å². The summed E-state index contributed by atoms with van der Waals surface area (Å²) in [6.07, 6.45) is 4.08. The van der Waals surface area contributed by atoms with Crippen LogP contribution in [0.15, 0.2) is 28.7 Å². The summed E-state index contributed by atoms with van der Waals surface area (Å²) in [5.41, 5.74) is 0.342. The monoisotopic (exact) mass is 351 g/mol. The van der Waals surface area contributed by atoms with E-state index in [1.54, 1.807) is 6.07 Å². The predicted molar refractivity (Wildman–Crippen MR) is 84.9 cm³/mol. The van der Waals surface area contributed by atoms with Crippen LogP contribution in [-0.2, 0) is 4.79 Å². The smallest absolute Gasteiger partial charge is 0.328 e. The number of halogens is 1. The molecule has 0 unspecified atom stereocenters. The minimum atomic E-state index is -1.00. The highest BCUT2D eigenvalue weighted by atomic mass is 79.9. The van der Waals surface area contributed by atoms with Crippen LogP contribution in [0.3, 0.4) is 0 Å². The third kappa shape index (κ3) is 6.01. The van der Waals surface area contributed by atoms with E-state index in [9.17, 15) is 4.79 Å². The Kier molecular flexibility index (Phi) is 6.44. The van der Waals surface area contributed by atoms with Gasteiger partial charge < -0.3 is 9.84 Å². The molecule has 0 aromatic heterocycles. The molecule has 4 nitrogen and oxygen atoms in total. The molecule has 21 heavy (non-hydrogen) atoms. The number of carboxylic acid groups (broad SMARTS) is 1. The molecule has 1 aromatic carbocycles. The van der Waals surface area contributed by atoms with Crippen LogP contribution in [0.2, 0.25) is 0 Å². The SMILES string of the molecule is CC(C)(C#N)CCCOc1c(Br)cccc1C=CC(=O)O. The highest BCUT2D eigenvalue weighted by Crippen LogP contribution is 2.30. The van der Waals surface area contributed by atoms with Crippen molar-refractivity contribution in [3.05, 3.63) is 34.3 Å². The quantitative estimate of drug-likeness (QED) is 0.588. The van der Waals surface area contributed by atoms with Crippen LogP contribution in [-0.4, -0.2) is 17.7 Å². The molecule has 0 fully saturated rings. The summed E-state index contributed by atoms with van der Waals surface area (Å²) in [5.74, 6) is -0.388. The molecule has 1 aromatic rings. The average Bonchev–Trinajstić information content (AvgIpc) is 2.43. The maximum atomic E-state index is 10.6. The summed E-state index contributed by atoms with van der Waals surface area (Å²) in [5, 5.41) is 17.7. The van der Waals surface area contributed by atoms with E-state index in [-0.39, 0.29) is 5.41 Å². The maximum absolute atomic E-state index is 10.6. The number of carboxylic acids is 1. The van der Waals surface area contributed by atoms with Crippen LogP contribution in [0.25, 0.3) is 6.08 Å². The van der Waals surface area contributed by atoms with Crippen LogP contribution in [0.4, 0.5) is 0 Å². The Bertz CT molecular complexity index is 573. The topological polar surface area (TPSA) is 70.3 Å². The van der Waals surface area contributed by atoms with Gasteiger partial charge >= 0.3 is 5.97 Å². The second-order valence-corrected chi connectivity index (χ2v) is 6.13. The second-order valence-electron chi connectivity index (χ2n) is 5.28. The van der Waals surface area contributed by atoms with Crippen molar-refractivity contribution in [3.8, 4) is 11.8 Å². The molecule has 0 bridgehead atoms. The normalized spacial score (nSPS) is 11.3. The van der Waals surface area contributed by atoms with Crippen molar-refractivity contribution in [2.75, 3.05) is 6.61 Å². The summed E-state index contributed by atoms with van der Waals surface area (Å²) in [6, 6.07) is 7.70. The van der Waals surface area contributed by atoms with Gasteiger partial charge in [0.05, 0.1) is 22.6 Å². The first-order valence-corrected chi connectivity index (χ1v) is 7.38. The number of carbonyl (C=O) groups is 1. The molecule has 0 saturated carbocycles. The van der Waals surface area contributed by atoms with Crippen LogP contribution in [0, 0.1) is 16.7 Å². The van der Waals surface area contributed by atoms with E-state index in [0.717, 1.165) is 23.4 Å². The van der Waals surface area contributed by atoms with Crippen molar-refractivity contribution in [1.29, 1.82) is 5.26 Å². The third-order valence-electron chi connectivity index (χ3n) is 2.90. The molecule has 1 rings (SSSR count). The number of nitriles is 1. The summed E-state index contributed by atoms with van der Waals surface area (Å²) in [7, 11) is 0. The van der Waals surface area contributed by atoms with E-state index in [4.69, 9.17) is 15.1 Å². The first-order chi connectivity index (χ1) is 9.85. The largest absolute Gasteiger partial charge is 0.492 e. The number of para-hydroxylation sites is 1. The van der Waals surface area contributed by atoms with Crippen LogP contribution >= 0.6 is 15.9 Å². The molecular weight excluding hydrogens is 334 g/mol. The summed E-state index contributed by atoms with van der Waals surface area (Å²) >= 11 is 3.40. The van der Waals surface area contributed by atoms with Gasteiger partial charge in [-0.2, -0.15) is 5.26 Å². The van der Waals surface area contributed by atoms with E-state index in [1.165, 1.54) is 6.08 Å². The molecule has 1 N–H and O–H groups in total. The molecule has 0 aliphatic carbocycles. The van der Waals surface area contributed by atoms with Crippen LogP contribution in [0.5, 0.6) is 5.75 Å². The van der Waals surface area contributed by atoms with Crippen molar-refractivity contribution in [2.45, 2.75) is 26.7 Å². The number of hydrogen-bond acceptors (Lipinski definition) is 3. The lowest BCUT2D eigenvalue weighted by Gasteiger charge is -2.16. The zero-order valence-electron chi connectivity index (χ0n) is 12.1. The van der Waals surface area contributed by atoms with Gasteiger partial charge in [-0.1, -0.05) is 12.1 Å². The molecule has 0 heterocycles. The number of nitrogens with zero attached hydrogens (tertiary/aromatic N) is 1. The maximum Gasteiger partial charge on any atom is 0.328 e. The summed E-state index contributed by atoms with van der Waals surface area (Å²) in [6.45, 7) is 4.26. The zero-order valence-corrected chi connectivity index (χ0v) is 13.7. The van der Waals surface area contributed by atoms with Crippen LogP contribution in [0.1, 0.15) is 32.3 Å². The molecular formula is C16H18BrNO3. The Morgan fingerprint density at radius 3 is 2.86 bits per heavy atom. The fourth-order valence-electron chi connectivity index (χ4n) is 1.71. The molecule has 0 amide bonds. The Balaban J connectivity index is 2.70. The summed E-state index contributed by atoms with van der Waals surface area (Å²) < 4.78 is 6.51. The lowest BCUT2D eigenvalue weighted by Crippen LogP contribution is -2.10. The molecule has 0 atom stereocenters. The van der Waals surface area contributed by atoms with Gasteiger partial charge in [0.15, 0.2) is 0 Å². The van der Waals surface area contributed by atoms with Gasteiger partial charge in [0.25, 0.3) is 0 Å². The van der Waals surface area contributed by atoms with Gasteiger partial charge in [-0.05, 0) is 54.8 Å². The molecule has 0 spiro atoms. The van der Waals surface area contributed by atoms with E-state index in [1.807, 2.05) is 26.0 Å². The predicted octanol–water partition coefficient (Wildman–Crippen LogP) is 4.26. The van der Waals surface area contributed by atoms with Gasteiger partial charge in [0.1, 0.15) is 5.75 Å². The fourth-order valence-corrected chi connectivity index (χ4v) is 2.21. The van der Waals surface area contributed by atoms with Crippen molar-refractivity contribution in [1.82, 2.24) is 0 Å². The highest BCUT2D eigenvalue weighted by molar-refractivity contribution is 9.10. The molecule has 112 valence electrons. The van der Waals surface area contributed by atoms with E-state index < -0.39 is 5.97 Å². The zero-order chi connectivity index (χ0) is 15.9. The number of benzene rings is 1. The van der Waals surface area contributed by atoms with Gasteiger partial charge in [-0.25, -0.2) is 4.79 Å². The van der Waals surface area contributed by atoms with Crippen molar-refractivity contribution < 1.29 is 14.6 Å². The Hall–Kier alpha value is -1.80. The fraction of sp³-hybridized carbons (Fsp3) is 0.375. The van der Waals surface area contributed by atoms with E-state index in [0.29, 0.717) is 17.9 Å². The average molecular weight is 352 g/mol. The number of hydrogen-bond donors (Lipinski definition) is 1. The lowest BCUT2D eigenvalue weighted by atomic mass is 9.90. The third-order valence-corrected chi connectivity index (χ3v) is 3.52. The Morgan fingerprint density at radius 2 is 2.24 bits per heavy atom. The van der Waals surface area contributed by atoms with Gasteiger partial charge in [0, 0.05) is 11.6 Å². The van der Waals surface area contributed by atoms with Gasteiger partial charge in [-0.15, -0.1) is 0 Å². The van der Waals surface area contributed by atoms with E-state index in [2.05, 4.69) is 22.0 Å². The van der Waals surface area contributed by atoms with Crippen molar-refractivity contribution in [3.63, 3.8) is 0 Å². The number of ether oxygens (including phenoxy) is 1. The van der Waals surface area contributed by atoms with E-state index >= 15 is 0 Å². The minimum Gasteiger partial charge on any atom is -0.492 e. The first kappa shape index (κ1) is 17.3. The first-order valence-electron chi connectivity index (χ1n) is 6.59. The van der Waals surface area contributed by atoms with Crippen molar-refractivity contribution in [2.24, 2.45) is 5.41 Å².